The van der Waals surface area contributed by atoms with Gasteiger partial charge in [0.1, 0.15) is 0 Å². The van der Waals surface area contributed by atoms with E-state index in [9.17, 15) is 0 Å². The van der Waals surface area contributed by atoms with Gasteiger partial charge < -0.3 is 0 Å². The van der Waals surface area contributed by atoms with Gasteiger partial charge in [0.25, 0.3) is 0 Å². The van der Waals surface area contributed by atoms with Crippen LogP contribution in [0.3, 0.4) is 0 Å². The van der Waals surface area contributed by atoms with Crippen LogP contribution in [0.25, 0.3) is 0 Å². The van der Waals surface area contributed by atoms with Crippen molar-refractivity contribution in [3.8, 4) is 0 Å². The summed E-state index contributed by atoms with van der Waals surface area (Å²) in [5.41, 5.74) is 1.86. The van der Waals surface area contributed by atoms with Gasteiger partial charge in [0.15, 0.2) is 0 Å². The summed E-state index contributed by atoms with van der Waals surface area (Å²) in [6.07, 6.45) is 4.52. The standard InChI is InChI=1S/C10H11.C5H5.Fe/c1-3-6-9(2)10-7-4-5-8-10;1-2-4-5-3-1;/h3-8H,1H2,2H3;1-5H;. The molecule has 0 nitrogen and oxygen atoms in total. The monoisotopic (exact) mass is 252 g/mol. The second-order valence-electron chi connectivity index (χ2n) is 10.8. The van der Waals surface area contributed by atoms with Gasteiger partial charge in [-0.05, 0) is 0 Å². The summed E-state index contributed by atoms with van der Waals surface area (Å²) < 4.78 is 0.993. The third kappa shape index (κ3) is 0.0480. The van der Waals surface area contributed by atoms with Crippen molar-refractivity contribution in [1.29, 1.82) is 0 Å². The molecule has 0 amide bonds. The van der Waals surface area contributed by atoms with E-state index in [-0.39, 0.29) is 0 Å². The van der Waals surface area contributed by atoms with Gasteiger partial charge in [-0.3, -0.25) is 0 Å². The third-order valence-corrected chi connectivity index (χ3v) is 58.1. The SMILES string of the molecule is C=CC=C(C)[C]12[CH]3[CH]4[CH]5[CH]1[Fe]45321678[CH]2[CH]1[CH]6[CH]7[CH]28. The Labute approximate surface area is 85.5 Å². The Bertz CT molecular complexity index is 914. The summed E-state index contributed by atoms with van der Waals surface area (Å²) in [7, 11) is 0. The number of fused-ring (bicyclic) bond motifs is 10. The van der Waals surface area contributed by atoms with Crippen LogP contribution in [0.15, 0.2) is 24.3 Å². The molecule has 0 N–H and O–H groups in total. The van der Waals surface area contributed by atoms with E-state index in [0.717, 1.165) is 4.31 Å². The number of rotatable bonds is 2. The van der Waals surface area contributed by atoms with Gasteiger partial charge in [0.05, 0.1) is 0 Å². The molecule has 10 heterocycles. The van der Waals surface area contributed by atoms with E-state index in [1.165, 1.54) is 43.3 Å². The summed E-state index contributed by atoms with van der Waals surface area (Å²) in [6, 6.07) is 0. The Morgan fingerprint density at radius 3 is 1.75 bits per heavy atom. The van der Waals surface area contributed by atoms with Crippen LogP contribution in [0.2, 0.25) is 47.7 Å². The van der Waals surface area contributed by atoms with Crippen molar-refractivity contribution >= 4 is 0 Å². The second kappa shape index (κ2) is 0.427. The first kappa shape index (κ1) is 5.76. The van der Waals surface area contributed by atoms with Crippen LogP contribution in [-0.4, -0.2) is 0 Å². The van der Waals surface area contributed by atoms with Crippen LogP contribution < -0.4 is 0 Å². The molecule has 0 radical (unpaired) electrons. The summed E-state index contributed by atoms with van der Waals surface area (Å²) in [5.74, 6) is 0. The van der Waals surface area contributed by atoms with Crippen LogP contribution >= 0.6 is 0 Å². The van der Waals surface area contributed by atoms with Crippen molar-refractivity contribution in [2.45, 2.75) is 54.6 Å². The van der Waals surface area contributed by atoms with Crippen LogP contribution in [0, 0.1) is 0 Å². The molecule has 4 unspecified atom stereocenters. The molecule has 10 aliphatic rings. The van der Waals surface area contributed by atoms with Crippen molar-refractivity contribution in [1.82, 2.24) is 0 Å². The molecular weight excluding hydrogens is 236 g/mol. The second-order valence-corrected chi connectivity index (χ2v) is 34.3. The molecule has 0 aliphatic carbocycles. The average Bonchev–Trinajstić information content (AvgIpc) is 3.23. The predicted octanol–water partition coefficient (Wildman–Crippen LogP) is 4.88. The van der Waals surface area contributed by atoms with E-state index in [2.05, 4.69) is 25.7 Å². The molecule has 0 aromatic rings. The van der Waals surface area contributed by atoms with Crippen LogP contribution in [0.1, 0.15) is 6.92 Å². The Balaban J connectivity index is 1.72. The van der Waals surface area contributed by atoms with Crippen LogP contribution in [0.4, 0.5) is 0 Å². The summed E-state index contributed by atoms with van der Waals surface area (Å²) in [5, 5.41) is 0. The molecule has 4 atom stereocenters. The maximum absolute atomic E-state index is 3.96. The van der Waals surface area contributed by atoms with Gasteiger partial charge >= 0.3 is 85.4 Å². The van der Waals surface area contributed by atoms with Crippen molar-refractivity contribution < 1.29 is 6.51 Å². The van der Waals surface area contributed by atoms with Gasteiger partial charge in [0, 0.05) is 0 Å². The van der Waals surface area contributed by atoms with Gasteiger partial charge in [0.2, 0.25) is 0 Å². The van der Waals surface area contributed by atoms with Crippen molar-refractivity contribution in [3.05, 3.63) is 24.3 Å². The van der Waals surface area contributed by atoms with Crippen molar-refractivity contribution in [3.63, 3.8) is 0 Å². The zero-order valence-electron chi connectivity index (χ0n) is 9.41. The summed E-state index contributed by atoms with van der Waals surface area (Å²) >= 11 is 0. The number of allylic oxidation sites excluding steroid dienone is 3. The number of hydrogen-bond donors (Lipinski definition) is 0. The number of hydrogen-bond acceptors (Lipinski definition) is 0. The Morgan fingerprint density at radius 1 is 1.00 bits per heavy atom. The van der Waals surface area contributed by atoms with Crippen LogP contribution in [-0.2, 0) is 6.51 Å². The maximum atomic E-state index is 3.96. The molecule has 0 bridgehead atoms. The minimum absolute atomic E-state index is 0.993. The van der Waals surface area contributed by atoms with E-state index in [0.29, 0.717) is 0 Å². The van der Waals surface area contributed by atoms with Crippen molar-refractivity contribution in [2.24, 2.45) is 0 Å². The third-order valence-electron chi connectivity index (χ3n) is 15.6. The predicted molar refractivity (Wildman–Crippen MR) is 60.4 cm³/mol. The Hall–Kier alpha value is -0.000519. The van der Waals surface area contributed by atoms with E-state index < -0.39 is 6.51 Å². The molecule has 0 aromatic carbocycles. The molecular formula is C15H16Fe. The van der Waals surface area contributed by atoms with Gasteiger partial charge in [-0.1, -0.05) is 0 Å². The first-order chi connectivity index (χ1) is 7.53. The molecule has 0 aromatic heterocycles. The van der Waals surface area contributed by atoms with E-state index in [4.69, 9.17) is 0 Å². The van der Waals surface area contributed by atoms with Gasteiger partial charge in [-0.15, -0.1) is 0 Å². The van der Waals surface area contributed by atoms with E-state index in [1.807, 2.05) is 5.57 Å². The first-order valence-electron chi connectivity index (χ1n) is 7.04. The minimum atomic E-state index is -2.77. The first-order valence-corrected chi connectivity index (χ1v) is 13.3. The van der Waals surface area contributed by atoms with E-state index >= 15 is 0 Å². The van der Waals surface area contributed by atoms with Crippen LogP contribution in [0.5, 0.6) is 0 Å². The summed E-state index contributed by atoms with van der Waals surface area (Å²) in [4.78, 5) is 13.2. The molecule has 10 aliphatic heterocycles. The van der Waals surface area contributed by atoms with Gasteiger partial charge in [-0.2, -0.15) is 0 Å². The quantitative estimate of drug-likeness (QED) is 0.485. The molecule has 10 rings (SSSR count). The molecule has 10 fully saturated rings. The topological polar surface area (TPSA) is 0 Å². The zero-order chi connectivity index (χ0) is 10.0. The molecule has 10 saturated heterocycles. The average molecular weight is 252 g/mol. The Morgan fingerprint density at radius 2 is 1.50 bits per heavy atom. The van der Waals surface area contributed by atoms with E-state index in [1.54, 1.807) is 0 Å². The van der Waals surface area contributed by atoms with Crippen molar-refractivity contribution in [2.75, 3.05) is 0 Å². The van der Waals surface area contributed by atoms with Gasteiger partial charge in [-0.25, -0.2) is 0 Å². The fourth-order valence-electron chi connectivity index (χ4n) is 17.6. The normalized spacial score (nSPS) is 127. The zero-order valence-corrected chi connectivity index (χ0v) is 10.5. The fourth-order valence-corrected chi connectivity index (χ4v) is 92.5. The molecule has 84 valence electrons. The molecule has 0 saturated carbocycles. The summed E-state index contributed by atoms with van der Waals surface area (Å²) in [6.45, 7) is 3.69. The molecule has 16 heavy (non-hydrogen) atoms. The fraction of sp³-hybridized carbons (Fsp3) is 0.733. The molecule has 1 spiro atoms. The molecule has 1 heteroatoms. The Kier molecular flexibility index (Phi) is 0.154.